The zero-order chi connectivity index (χ0) is 19.3. The normalized spacial score (nSPS) is 11.8. The van der Waals surface area contributed by atoms with Crippen molar-refractivity contribution in [1.29, 1.82) is 0 Å². The highest BCUT2D eigenvalue weighted by molar-refractivity contribution is 7.80. The lowest BCUT2D eigenvalue weighted by Crippen LogP contribution is -2.42. The summed E-state index contributed by atoms with van der Waals surface area (Å²) < 4.78 is 5.24. The van der Waals surface area contributed by atoms with Crippen LogP contribution in [-0.4, -0.2) is 29.7 Å². The molecule has 0 radical (unpaired) electrons. The molecule has 0 bridgehead atoms. The van der Waals surface area contributed by atoms with Crippen LogP contribution >= 0.6 is 12.2 Å². The molecular weight excluding hydrogens is 340 g/mol. The Labute approximate surface area is 163 Å². The van der Waals surface area contributed by atoms with Crippen molar-refractivity contribution in [2.75, 3.05) is 19.0 Å². The third-order valence-electron chi connectivity index (χ3n) is 4.91. The minimum Gasteiger partial charge on any atom is -0.497 e. The van der Waals surface area contributed by atoms with E-state index in [-0.39, 0.29) is 0 Å². The van der Waals surface area contributed by atoms with E-state index in [4.69, 9.17) is 17.0 Å². The molecule has 0 heterocycles. The number of anilines is 1. The molecule has 2 rings (SSSR count). The summed E-state index contributed by atoms with van der Waals surface area (Å²) in [7, 11) is 1.69. The van der Waals surface area contributed by atoms with Crippen LogP contribution in [0, 0.1) is 20.8 Å². The van der Waals surface area contributed by atoms with E-state index in [0.29, 0.717) is 6.04 Å². The van der Waals surface area contributed by atoms with E-state index in [1.807, 2.05) is 12.1 Å². The average molecular weight is 371 g/mol. The Morgan fingerprint density at radius 1 is 1.08 bits per heavy atom. The van der Waals surface area contributed by atoms with Gasteiger partial charge in [-0.25, -0.2) is 0 Å². The quantitative estimate of drug-likeness (QED) is 0.700. The van der Waals surface area contributed by atoms with Gasteiger partial charge in [-0.05, 0) is 93.7 Å². The predicted octanol–water partition coefficient (Wildman–Crippen LogP) is 5.27. The van der Waals surface area contributed by atoms with Crippen LogP contribution in [0.4, 0.5) is 5.69 Å². The molecule has 0 saturated heterocycles. The smallest absolute Gasteiger partial charge is 0.173 e. The lowest BCUT2D eigenvalue weighted by molar-refractivity contribution is 0.347. The molecular formula is C22H30N2OS. The molecule has 1 atom stereocenters. The van der Waals surface area contributed by atoms with Crippen molar-refractivity contribution in [2.24, 2.45) is 0 Å². The van der Waals surface area contributed by atoms with Gasteiger partial charge in [0.1, 0.15) is 5.75 Å². The second-order valence-corrected chi connectivity index (χ2v) is 7.26. The predicted molar refractivity (Wildman–Crippen MR) is 115 cm³/mol. The molecule has 4 heteroatoms. The average Bonchev–Trinajstić information content (AvgIpc) is 2.61. The Hall–Kier alpha value is -2.07. The van der Waals surface area contributed by atoms with Crippen molar-refractivity contribution in [3.05, 3.63) is 58.7 Å². The Morgan fingerprint density at radius 2 is 1.69 bits per heavy atom. The first-order valence-electron chi connectivity index (χ1n) is 9.14. The molecule has 0 aliphatic carbocycles. The van der Waals surface area contributed by atoms with Gasteiger partial charge in [0.2, 0.25) is 0 Å². The second kappa shape index (κ2) is 9.04. The number of thiocarbonyl (C=S) groups is 1. The van der Waals surface area contributed by atoms with Gasteiger partial charge in [-0.15, -0.1) is 0 Å². The molecule has 2 aromatic rings. The molecule has 0 fully saturated rings. The molecule has 0 saturated carbocycles. The Balaban J connectivity index is 2.08. The molecule has 140 valence electrons. The number of ether oxygens (including phenoxy) is 1. The number of benzene rings is 2. The maximum absolute atomic E-state index is 5.72. The van der Waals surface area contributed by atoms with Gasteiger partial charge in [0, 0.05) is 18.3 Å². The molecule has 3 nitrogen and oxygen atoms in total. The Morgan fingerprint density at radius 3 is 2.27 bits per heavy atom. The summed E-state index contributed by atoms with van der Waals surface area (Å²) in [5, 5.41) is 4.23. The molecule has 0 aliphatic rings. The van der Waals surface area contributed by atoms with Crippen LogP contribution in [0.15, 0.2) is 36.4 Å². The first-order chi connectivity index (χ1) is 12.3. The maximum Gasteiger partial charge on any atom is 0.173 e. The lowest BCUT2D eigenvalue weighted by Gasteiger charge is -2.31. The van der Waals surface area contributed by atoms with E-state index in [0.717, 1.165) is 29.5 Å². The van der Waals surface area contributed by atoms with Crippen LogP contribution in [0.2, 0.25) is 0 Å². The van der Waals surface area contributed by atoms with Crippen LogP contribution in [0.25, 0.3) is 0 Å². The fourth-order valence-electron chi connectivity index (χ4n) is 3.15. The van der Waals surface area contributed by atoms with Crippen molar-refractivity contribution in [2.45, 2.75) is 47.1 Å². The summed E-state index contributed by atoms with van der Waals surface area (Å²) in [4.78, 5) is 2.24. The van der Waals surface area contributed by atoms with Crippen molar-refractivity contribution in [3.63, 3.8) is 0 Å². The number of aryl methyl sites for hydroxylation is 3. The first kappa shape index (κ1) is 20.2. The number of hydrogen-bond donors (Lipinski definition) is 1. The number of hydrogen-bond acceptors (Lipinski definition) is 2. The monoisotopic (exact) mass is 370 g/mol. The number of nitrogens with one attached hydrogen (secondary N) is 1. The number of likely N-dealkylation sites (N-methyl/N-ethyl adjacent to an activating group) is 1. The largest absolute Gasteiger partial charge is 0.497 e. The standard InChI is InChI=1S/C22H30N2OS/c1-7-24(18(5)14-19-8-10-20(25-6)11-9-19)22(26)23-21-13-16(3)15(2)12-17(21)4/h8-13,18H,7,14H2,1-6H3,(H,23,26). The van der Waals surface area contributed by atoms with Crippen LogP contribution in [0.3, 0.4) is 0 Å². The summed E-state index contributed by atoms with van der Waals surface area (Å²) in [6, 6.07) is 12.9. The van der Waals surface area contributed by atoms with Gasteiger partial charge < -0.3 is 15.0 Å². The fraction of sp³-hybridized carbons (Fsp3) is 0.409. The highest BCUT2D eigenvalue weighted by atomic mass is 32.1. The summed E-state index contributed by atoms with van der Waals surface area (Å²) in [6.45, 7) is 11.6. The van der Waals surface area contributed by atoms with Gasteiger partial charge in [-0.2, -0.15) is 0 Å². The molecule has 26 heavy (non-hydrogen) atoms. The second-order valence-electron chi connectivity index (χ2n) is 6.87. The van der Waals surface area contributed by atoms with Crippen LogP contribution in [0.1, 0.15) is 36.1 Å². The molecule has 1 N–H and O–H groups in total. The third-order valence-corrected chi connectivity index (χ3v) is 5.24. The number of methoxy groups -OCH3 is 1. The van der Waals surface area contributed by atoms with Gasteiger partial charge in [0.25, 0.3) is 0 Å². The summed E-state index contributed by atoms with van der Waals surface area (Å²) in [5.41, 5.74) is 6.17. The molecule has 0 amide bonds. The van der Waals surface area contributed by atoms with Gasteiger partial charge in [-0.3, -0.25) is 0 Å². The fourth-order valence-corrected chi connectivity index (χ4v) is 3.57. The molecule has 0 aromatic heterocycles. The van der Waals surface area contributed by atoms with E-state index >= 15 is 0 Å². The minimum absolute atomic E-state index is 0.306. The zero-order valence-corrected chi connectivity index (χ0v) is 17.5. The van der Waals surface area contributed by atoms with Crippen LogP contribution in [0.5, 0.6) is 5.75 Å². The molecule has 1 unspecified atom stereocenters. The third kappa shape index (κ3) is 4.98. The zero-order valence-electron chi connectivity index (χ0n) is 16.7. The van der Waals surface area contributed by atoms with Crippen LogP contribution < -0.4 is 10.1 Å². The van der Waals surface area contributed by atoms with Crippen LogP contribution in [-0.2, 0) is 6.42 Å². The van der Waals surface area contributed by atoms with E-state index in [1.165, 1.54) is 22.3 Å². The highest BCUT2D eigenvalue weighted by Gasteiger charge is 2.17. The van der Waals surface area contributed by atoms with Crippen molar-refractivity contribution in [3.8, 4) is 5.75 Å². The lowest BCUT2D eigenvalue weighted by atomic mass is 10.0. The van der Waals surface area contributed by atoms with Crippen molar-refractivity contribution in [1.82, 2.24) is 4.90 Å². The number of rotatable bonds is 6. The Kier molecular flexibility index (Phi) is 7.04. The molecule has 0 spiro atoms. The van der Waals surface area contributed by atoms with Crippen molar-refractivity contribution < 1.29 is 4.74 Å². The van der Waals surface area contributed by atoms with Gasteiger partial charge in [0.05, 0.1) is 7.11 Å². The number of nitrogens with zero attached hydrogens (tertiary/aromatic N) is 1. The summed E-state index contributed by atoms with van der Waals surface area (Å²) in [5.74, 6) is 0.885. The minimum atomic E-state index is 0.306. The van der Waals surface area contributed by atoms with Gasteiger partial charge in [0.15, 0.2) is 5.11 Å². The van der Waals surface area contributed by atoms with Crippen molar-refractivity contribution >= 4 is 23.0 Å². The van der Waals surface area contributed by atoms with Gasteiger partial charge >= 0.3 is 0 Å². The highest BCUT2D eigenvalue weighted by Crippen LogP contribution is 2.21. The molecule has 2 aromatic carbocycles. The Bertz CT molecular complexity index is 755. The van der Waals surface area contributed by atoms with E-state index < -0.39 is 0 Å². The topological polar surface area (TPSA) is 24.5 Å². The maximum atomic E-state index is 5.72. The molecule has 0 aliphatic heterocycles. The van der Waals surface area contributed by atoms with E-state index in [9.17, 15) is 0 Å². The summed E-state index contributed by atoms with van der Waals surface area (Å²) in [6.07, 6.45) is 0.936. The summed E-state index contributed by atoms with van der Waals surface area (Å²) >= 11 is 5.72. The van der Waals surface area contributed by atoms with E-state index in [1.54, 1.807) is 7.11 Å². The first-order valence-corrected chi connectivity index (χ1v) is 9.55. The van der Waals surface area contributed by atoms with Gasteiger partial charge in [-0.1, -0.05) is 18.2 Å². The van der Waals surface area contributed by atoms with E-state index in [2.05, 4.69) is 69.1 Å². The SMILES string of the molecule is CCN(C(=S)Nc1cc(C)c(C)cc1C)C(C)Cc1ccc(OC)cc1.